The zero-order valence-corrected chi connectivity index (χ0v) is 10.6. The van der Waals surface area contributed by atoms with Gasteiger partial charge < -0.3 is 5.11 Å². The number of aliphatic hydroxyl groups excluding tert-OH is 1. The fourth-order valence-corrected chi connectivity index (χ4v) is 2.73. The Morgan fingerprint density at radius 2 is 2.00 bits per heavy atom. The molecule has 1 aromatic heterocycles. The van der Waals surface area contributed by atoms with Gasteiger partial charge in [-0.1, -0.05) is 41.9 Å². The van der Waals surface area contributed by atoms with Crippen molar-refractivity contribution in [3.05, 3.63) is 64.9 Å². The van der Waals surface area contributed by atoms with Gasteiger partial charge in [-0.2, -0.15) is 0 Å². The molecule has 3 rings (SSSR count). The lowest BCUT2D eigenvalue weighted by molar-refractivity contribution is 0.151. The molecule has 2 aromatic rings. The third-order valence-electron chi connectivity index (χ3n) is 3.60. The van der Waals surface area contributed by atoms with E-state index in [1.54, 1.807) is 18.5 Å². The largest absolute Gasteiger partial charge is 0.388 e. The third kappa shape index (κ3) is 2.14. The summed E-state index contributed by atoms with van der Waals surface area (Å²) in [7, 11) is 0. The predicted molar refractivity (Wildman–Crippen MR) is 71.5 cm³/mol. The third-order valence-corrected chi connectivity index (χ3v) is 3.91. The van der Waals surface area contributed by atoms with Crippen LogP contribution < -0.4 is 0 Å². The summed E-state index contributed by atoms with van der Waals surface area (Å²) < 4.78 is 0. The summed E-state index contributed by atoms with van der Waals surface area (Å²) in [5, 5.41) is 10.9. The lowest BCUT2D eigenvalue weighted by Gasteiger charge is -2.12. The van der Waals surface area contributed by atoms with Gasteiger partial charge in [-0.25, -0.2) is 0 Å². The van der Waals surface area contributed by atoms with Crippen LogP contribution in [0, 0.1) is 5.92 Å². The van der Waals surface area contributed by atoms with Crippen molar-refractivity contribution in [3.8, 4) is 0 Å². The second kappa shape index (κ2) is 4.71. The molecule has 1 heterocycles. The monoisotopic (exact) mass is 259 g/mol. The molecule has 1 aliphatic carbocycles. The number of hydrogen-bond acceptors (Lipinski definition) is 2. The van der Waals surface area contributed by atoms with E-state index in [0.29, 0.717) is 10.9 Å². The molecule has 18 heavy (non-hydrogen) atoms. The lowest BCUT2D eigenvalue weighted by atomic mass is 10.0. The fraction of sp³-hybridized carbons (Fsp3) is 0.267. The molecular formula is C15H14ClNO. The summed E-state index contributed by atoms with van der Waals surface area (Å²) in [6.07, 6.45) is 3.78. The minimum atomic E-state index is -0.495. The molecule has 0 aliphatic heterocycles. The molecule has 0 saturated heterocycles. The number of aliphatic hydroxyl groups is 1. The Hall–Kier alpha value is -1.38. The number of nitrogens with zero attached hydrogens (tertiary/aromatic N) is 1. The number of aromatic nitrogens is 1. The number of pyridine rings is 1. The summed E-state index contributed by atoms with van der Waals surface area (Å²) in [5.74, 6) is 0.720. The smallest absolute Gasteiger partial charge is 0.0839 e. The van der Waals surface area contributed by atoms with Crippen LogP contribution in [0.5, 0.6) is 0 Å². The van der Waals surface area contributed by atoms with Crippen molar-refractivity contribution in [2.24, 2.45) is 5.92 Å². The number of hydrogen-bond donors (Lipinski definition) is 1. The Morgan fingerprint density at radius 1 is 1.22 bits per heavy atom. The Bertz CT molecular complexity index is 543. The van der Waals surface area contributed by atoms with Gasteiger partial charge in [0.25, 0.3) is 0 Å². The highest BCUT2D eigenvalue weighted by atomic mass is 35.5. The van der Waals surface area contributed by atoms with Crippen LogP contribution in [0.2, 0.25) is 5.02 Å². The van der Waals surface area contributed by atoms with E-state index in [9.17, 15) is 5.11 Å². The zero-order chi connectivity index (χ0) is 12.5. The van der Waals surface area contributed by atoms with Gasteiger partial charge in [-0.05, 0) is 29.9 Å². The molecule has 92 valence electrons. The van der Waals surface area contributed by atoms with Gasteiger partial charge in [-0.15, -0.1) is 0 Å². The van der Waals surface area contributed by atoms with Crippen LogP contribution >= 0.6 is 11.6 Å². The van der Waals surface area contributed by atoms with Crippen molar-refractivity contribution in [3.63, 3.8) is 0 Å². The zero-order valence-electron chi connectivity index (χ0n) is 9.83. The van der Waals surface area contributed by atoms with E-state index in [0.717, 1.165) is 12.0 Å². The van der Waals surface area contributed by atoms with E-state index in [2.05, 4.69) is 17.1 Å². The highest BCUT2D eigenvalue weighted by molar-refractivity contribution is 6.31. The van der Waals surface area contributed by atoms with Gasteiger partial charge in [-0.3, -0.25) is 4.98 Å². The molecule has 0 spiro atoms. The highest BCUT2D eigenvalue weighted by Crippen LogP contribution is 2.54. The topological polar surface area (TPSA) is 33.1 Å². The van der Waals surface area contributed by atoms with Gasteiger partial charge in [0.15, 0.2) is 0 Å². The summed E-state index contributed by atoms with van der Waals surface area (Å²) in [6.45, 7) is 0. The molecule has 1 saturated carbocycles. The van der Waals surface area contributed by atoms with E-state index >= 15 is 0 Å². The van der Waals surface area contributed by atoms with Crippen LogP contribution in [0.3, 0.4) is 0 Å². The summed E-state index contributed by atoms with van der Waals surface area (Å²) in [5.41, 5.74) is 2.09. The molecule has 3 heteroatoms. The molecule has 1 aromatic carbocycles. The van der Waals surface area contributed by atoms with Crippen molar-refractivity contribution in [1.82, 2.24) is 4.98 Å². The van der Waals surface area contributed by atoms with Gasteiger partial charge >= 0.3 is 0 Å². The second-order valence-electron chi connectivity index (χ2n) is 4.76. The lowest BCUT2D eigenvalue weighted by Crippen LogP contribution is -2.02. The van der Waals surface area contributed by atoms with E-state index in [1.807, 2.05) is 18.2 Å². The van der Waals surface area contributed by atoms with Crippen LogP contribution in [0.15, 0.2) is 48.8 Å². The van der Waals surface area contributed by atoms with Crippen molar-refractivity contribution >= 4 is 11.6 Å². The van der Waals surface area contributed by atoms with Crippen molar-refractivity contribution < 1.29 is 5.11 Å². The maximum absolute atomic E-state index is 10.4. The van der Waals surface area contributed by atoms with Crippen molar-refractivity contribution in [1.29, 1.82) is 0 Å². The van der Waals surface area contributed by atoms with Crippen molar-refractivity contribution in [2.45, 2.75) is 18.4 Å². The summed E-state index contributed by atoms with van der Waals surface area (Å²) >= 11 is 6.06. The first-order valence-electron chi connectivity index (χ1n) is 6.10. The van der Waals surface area contributed by atoms with E-state index in [4.69, 9.17) is 11.6 Å². The van der Waals surface area contributed by atoms with E-state index in [1.165, 1.54) is 5.56 Å². The van der Waals surface area contributed by atoms with E-state index < -0.39 is 6.10 Å². The Balaban J connectivity index is 1.77. The van der Waals surface area contributed by atoms with Crippen LogP contribution in [0.4, 0.5) is 0 Å². The Morgan fingerprint density at radius 3 is 2.72 bits per heavy atom. The minimum absolute atomic E-state index is 0.271. The number of rotatable bonds is 3. The first kappa shape index (κ1) is 11.7. The molecule has 0 amide bonds. The SMILES string of the molecule is OC(c1ccncc1Cl)C1CC1c1ccccc1. The molecule has 3 unspecified atom stereocenters. The molecular weight excluding hydrogens is 246 g/mol. The number of benzene rings is 1. The van der Waals surface area contributed by atoms with E-state index in [-0.39, 0.29) is 5.92 Å². The Kier molecular flexibility index (Phi) is 3.06. The predicted octanol–water partition coefficient (Wildman–Crippen LogP) is 3.57. The molecule has 3 atom stereocenters. The maximum atomic E-state index is 10.4. The summed E-state index contributed by atoms with van der Waals surface area (Å²) in [4.78, 5) is 3.94. The first-order valence-corrected chi connectivity index (χ1v) is 6.47. The molecule has 1 aliphatic rings. The molecule has 0 radical (unpaired) electrons. The van der Waals surface area contributed by atoms with Crippen LogP contribution in [0.25, 0.3) is 0 Å². The standard InChI is InChI=1S/C15H14ClNO/c16-14-9-17-7-6-11(14)15(18)13-8-12(13)10-4-2-1-3-5-10/h1-7,9,12-13,15,18H,8H2. The van der Waals surface area contributed by atoms with Crippen LogP contribution in [0.1, 0.15) is 29.6 Å². The molecule has 1 fully saturated rings. The highest BCUT2D eigenvalue weighted by Gasteiger charge is 2.44. The second-order valence-corrected chi connectivity index (χ2v) is 5.17. The first-order chi connectivity index (χ1) is 8.77. The summed E-state index contributed by atoms with van der Waals surface area (Å²) in [6, 6.07) is 12.1. The molecule has 2 nitrogen and oxygen atoms in total. The normalized spacial score (nSPS) is 23.7. The average molecular weight is 260 g/mol. The number of halogens is 1. The maximum Gasteiger partial charge on any atom is 0.0839 e. The van der Waals surface area contributed by atoms with Crippen LogP contribution in [-0.4, -0.2) is 10.1 Å². The molecule has 1 N–H and O–H groups in total. The quantitative estimate of drug-likeness (QED) is 0.914. The fourth-order valence-electron chi connectivity index (χ4n) is 2.50. The van der Waals surface area contributed by atoms with Crippen LogP contribution in [-0.2, 0) is 0 Å². The van der Waals surface area contributed by atoms with Gasteiger partial charge in [0, 0.05) is 18.0 Å². The average Bonchev–Trinajstić information content (AvgIpc) is 3.20. The minimum Gasteiger partial charge on any atom is -0.388 e. The van der Waals surface area contributed by atoms with Gasteiger partial charge in [0.05, 0.1) is 11.1 Å². The Labute approximate surface area is 111 Å². The molecule has 0 bridgehead atoms. The van der Waals surface area contributed by atoms with Gasteiger partial charge in [0.1, 0.15) is 0 Å². The van der Waals surface area contributed by atoms with Gasteiger partial charge in [0.2, 0.25) is 0 Å². The van der Waals surface area contributed by atoms with Crippen molar-refractivity contribution in [2.75, 3.05) is 0 Å².